The van der Waals surface area contributed by atoms with E-state index in [0.29, 0.717) is 18.5 Å². The first-order valence-electron chi connectivity index (χ1n) is 6.21. The van der Waals surface area contributed by atoms with Crippen molar-refractivity contribution < 1.29 is 4.79 Å². The predicted molar refractivity (Wildman–Crippen MR) is 67.6 cm³/mol. The fraction of sp³-hybridized carbons (Fsp3) is 0.917. The molecule has 1 aliphatic carbocycles. The molecule has 1 unspecified atom stereocenters. The van der Waals surface area contributed by atoms with Crippen LogP contribution in [0.3, 0.4) is 0 Å². The number of carbonyl (C=O) groups is 1. The molecule has 2 N–H and O–H groups in total. The molecular formula is C12H23ClN2O. The van der Waals surface area contributed by atoms with Crippen LogP contribution in [0.15, 0.2) is 0 Å². The van der Waals surface area contributed by atoms with Crippen molar-refractivity contribution in [3.05, 3.63) is 0 Å². The van der Waals surface area contributed by atoms with Gasteiger partial charge in [0.2, 0.25) is 5.91 Å². The van der Waals surface area contributed by atoms with Gasteiger partial charge >= 0.3 is 0 Å². The Labute approximate surface area is 104 Å². The van der Waals surface area contributed by atoms with Crippen molar-refractivity contribution in [3.63, 3.8) is 0 Å². The molecular weight excluding hydrogens is 224 g/mol. The van der Waals surface area contributed by atoms with Gasteiger partial charge in [-0.2, -0.15) is 0 Å². The lowest BCUT2D eigenvalue weighted by Crippen LogP contribution is -2.47. The second kappa shape index (κ2) is 5.37. The molecule has 0 spiro atoms. The summed E-state index contributed by atoms with van der Waals surface area (Å²) in [7, 11) is 0. The van der Waals surface area contributed by atoms with Crippen molar-refractivity contribution in [1.29, 1.82) is 0 Å². The van der Waals surface area contributed by atoms with Crippen LogP contribution in [-0.4, -0.2) is 29.9 Å². The molecule has 16 heavy (non-hydrogen) atoms. The third-order valence-corrected chi connectivity index (χ3v) is 4.22. The first kappa shape index (κ1) is 13.8. The second-order valence-corrected chi connectivity index (χ2v) is 5.18. The summed E-state index contributed by atoms with van der Waals surface area (Å²) in [5.74, 6) is 0.340. The SMILES string of the molecule is CC1CCCN1C(=O)C1(CN)CCCC1.Cl. The first-order valence-corrected chi connectivity index (χ1v) is 6.21. The number of rotatable bonds is 2. The van der Waals surface area contributed by atoms with E-state index in [9.17, 15) is 4.79 Å². The largest absolute Gasteiger partial charge is 0.339 e. The Morgan fingerprint density at radius 3 is 2.44 bits per heavy atom. The lowest BCUT2D eigenvalue weighted by Gasteiger charge is -2.33. The Morgan fingerprint density at radius 1 is 1.38 bits per heavy atom. The normalized spacial score (nSPS) is 27.9. The lowest BCUT2D eigenvalue weighted by molar-refractivity contribution is -0.142. The summed E-state index contributed by atoms with van der Waals surface area (Å²) >= 11 is 0. The van der Waals surface area contributed by atoms with Crippen molar-refractivity contribution in [2.45, 2.75) is 51.5 Å². The molecule has 0 aromatic carbocycles. The second-order valence-electron chi connectivity index (χ2n) is 5.18. The van der Waals surface area contributed by atoms with Gasteiger partial charge in [-0.15, -0.1) is 12.4 Å². The molecule has 0 aromatic rings. The maximum absolute atomic E-state index is 12.5. The van der Waals surface area contributed by atoms with Crippen LogP contribution in [0.2, 0.25) is 0 Å². The molecule has 1 saturated carbocycles. The van der Waals surface area contributed by atoms with Gasteiger partial charge in [0.25, 0.3) is 0 Å². The summed E-state index contributed by atoms with van der Waals surface area (Å²) in [5.41, 5.74) is 5.64. The Morgan fingerprint density at radius 2 is 2.00 bits per heavy atom. The lowest BCUT2D eigenvalue weighted by atomic mass is 9.84. The summed E-state index contributed by atoms with van der Waals surface area (Å²) in [4.78, 5) is 14.5. The molecule has 1 heterocycles. The molecule has 94 valence electrons. The minimum Gasteiger partial charge on any atom is -0.339 e. The zero-order valence-electron chi connectivity index (χ0n) is 10.1. The number of amides is 1. The Balaban J connectivity index is 0.00000128. The number of halogens is 1. The highest BCUT2D eigenvalue weighted by molar-refractivity contribution is 5.85. The van der Waals surface area contributed by atoms with Crippen LogP contribution in [0.5, 0.6) is 0 Å². The number of hydrogen-bond acceptors (Lipinski definition) is 2. The van der Waals surface area contributed by atoms with E-state index in [4.69, 9.17) is 5.73 Å². The van der Waals surface area contributed by atoms with E-state index >= 15 is 0 Å². The van der Waals surface area contributed by atoms with Gasteiger partial charge in [0.05, 0.1) is 5.41 Å². The number of nitrogens with two attached hydrogens (primary N) is 1. The van der Waals surface area contributed by atoms with Gasteiger partial charge in [0.15, 0.2) is 0 Å². The molecule has 1 amide bonds. The van der Waals surface area contributed by atoms with Crippen molar-refractivity contribution in [2.75, 3.05) is 13.1 Å². The van der Waals surface area contributed by atoms with Crippen LogP contribution < -0.4 is 5.73 Å². The molecule has 2 aliphatic rings. The van der Waals surface area contributed by atoms with E-state index in [-0.39, 0.29) is 17.8 Å². The fourth-order valence-electron chi connectivity index (χ4n) is 3.10. The van der Waals surface area contributed by atoms with Gasteiger partial charge in [-0.25, -0.2) is 0 Å². The van der Waals surface area contributed by atoms with E-state index in [1.165, 1.54) is 12.8 Å². The van der Waals surface area contributed by atoms with E-state index in [1.54, 1.807) is 0 Å². The fourth-order valence-corrected chi connectivity index (χ4v) is 3.10. The topological polar surface area (TPSA) is 46.3 Å². The molecule has 0 aromatic heterocycles. The molecule has 2 fully saturated rings. The minimum absolute atomic E-state index is 0. The molecule has 0 radical (unpaired) electrons. The number of likely N-dealkylation sites (tertiary alicyclic amines) is 1. The van der Waals surface area contributed by atoms with E-state index in [1.807, 2.05) is 0 Å². The van der Waals surface area contributed by atoms with Gasteiger partial charge in [-0.3, -0.25) is 4.79 Å². The molecule has 2 rings (SSSR count). The average Bonchev–Trinajstić information content (AvgIpc) is 2.86. The van der Waals surface area contributed by atoms with Crippen LogP contribution >= 0.6 is 12.4 Å². The Kier molecular flexibility index (Phi) is 4.62. The summed E-state index contributed by atoms with van der Waals surface area (Å²) in [6, 6.07) is 0.432. The van der Waals surface area contributed by atoms with Crippen molar-refractivity contribution in [1.82, 2.24) is 4.90 Å². The molecule has 3 nitrogen and oxygen atoms in total. The van der Waals surface area contributed by atoms with Gasteiger partial charge in [-0.05, 0) is 32.6 Å². The molecule has 1 aliphatic heterocycles. The minimum atomic E-state index is -0.196. The molecule has 0 bridgehead atoms. The van der Waals surface area contributed by atoms with Crippen LogP contribution in [0.4, 0.5) is 0 Å². The van der Waals surface area contributed by atoms with Crippen molar-refractivity contribution in [2.24, 2.45) is 11.1 Å². The highest BCUT2D eigenvalue weighted by atomic mass is 35.5. The third kappa shape index (κ3) is 2.21. The van der Waals surface area contributed by atoms with Gasteiger partial charge in [0.1, 0.15) is 0 Å². The first-order chi connectivity index (χ1) is 7.19. The van der Waals surface area contributed by atoms with Crippen molar-refractivity contribution in [3.8, 4) is 0 Å². The highest BCUT2D eigenvalue weighted by Gasteiger charge is 2.44. The zero-order valence-corrected chi connectivity index (χ0v) is 10.9. The molecule has 1 saturated heterocycles. The van der Waals surface area contributed by atoms with Gasteiger partial charge in [0, 0.05) is 19.1 Å². The number of hydrogen-bond donors (Lipinski definition) is 1. The maximum atomic E-state index is 12.5. The van der Waals surface area contributed by atoms with Crippen LogP contribution in [-0.2, 0) is 4.79 Å². The molecule has 4 heteroatoms. The quantitative estimate of drug-likeness (QED) is 0.810. The highest BCUT2D eigenvalue weighted by Crippen LogP contribution is 2.40. The van der Waals surface area contributed by atoms with Crippen LogP contribution in [0, 0.1) is 5.41 Å². The van der Waals surface area contributed by atoms with Crippen LogP contribution in [0.1, 0.15) is 45.4 Å². The average molecular weight is 247 g/mol. The summed E-state index contributed by atoms with van der Waals surface area (Å²) in [6.45, 7) is 3.64. The van der Waals surface area contributed by atoms with E-state index in [0.717, 1.165) is 32.2 Å². The zero-order chi connectivity index (χ0) is 10.9. The summed E-state index contributed by atoms with van der Waals surface area (Å²) in [5, 5.41) is 0. The number of carbonyl (C=O) groups excluding carboxylic acids is 1. The summed E-state index contributed by atoms with van der Waals surface area (Å²) < 4.78 is 0. The molecule has 1 atom stereocenters. The van der Waals surface area contributed by atoms with Gasteiger partial charge < -0.3 is 10.6 Å². The number of nitrogens with zero attached hydrogens (tertiary/aromatic N) is 1. The van der Waals surface area contributed by atoms with E-state index < -0.39 is 0 Å². The Bertz CT molecular complexity index is 251. The van der Waals surface area contributed by atoms with Crippen molar-refractivity contribution >= 4 is 18.3 Å². The van der Waals surface area contributed by atoms with Crippen LogP contribution in [0.25, 0.3) is 0 Å². The summed E-state index contributed by atoms with van der Waals surface area (Å²) in [6.07, 6.45) is 6.67. The third-order valence-electron chi connectivity index (χ3n) is 4.22. The monoisotopic (exact) mass is 246 g/mol. The maximum Gasteiger partial charge on any atom is 0.230 e. The smallest absolute Gasteiger partial charge is 0.230 e. The predicted octanol–water partition coefficient (Wildman–Crippen LogP) is 1.94. The van der Waals surface area contributed by atoms with Gasteiger partial charge in [-0.1, -0.05) is 12.8 Å². The van der Waals surface area contributed by atoms with E-state index in [2.05, 4.69) is 11.8 Å². The Hall–Kier alpha value is -0.280. The standard InChI is InChI=1S/C12H22N2O.ClH/c1-10-5-4-8-14(10)11(15)12(9-13)6-2-3-7-12;/h10H,2-9,13H2,1H3;1H.